The van der Waals surface area contributed by atoms with E-state index in [2.05, 4.69) is 5.32 Å². The number of rotatable bonds is 3. The van der Waals surface area contributed by atoms with Crippen LogP contribution in [-0.4, -0.2) is 96.9 Å². The maximum atomic E-state index is 13.3. The van der Waals surface area contributed by atoms with Gasteiger partial charge < -0.3 is 24.6 Å². The van der Waals surface area contributed by atoms with Crippen molar-refractivity contribution >= 4 is 17.7 Å². The minimum absolute atomic E-state index is 0.0458. The molecule has 144 valence electrons. The highest BCUT2D eigenvalue weighted by Crippen LogP contribution is 2.34. The van der Waals surface area contributed by atoms with Gasteiger partial charge in [-0.3, -0.25) is 19.3 Å². The van der Waals surface area contributed by atoms with Crippen LogP contribution >= 0.6 is 0 Å². The molecule has 26 heavy (non-hydrogen) atoms. The Morgan fingerprint density at radius 2 is 1.77 bits per heavy atom. The van der Waals surface area contributed by atoms with Gasteiger partial charge in [-0.15, -0.1) is 0 Å². The molecule has 0 saturated carbocycles. The second-order valence-corrected chi connectivity index (χ2v) is 7.19. The molecule has 0 aromatic heterocycles. The molecule has 4 saturated heterocycles. The van der Waals surface area contributed by atoms with E-state index >= 15 is 0 Å². The first kappa shape index (κ1) is 17.7. The molecule has 3 amide bonds. The normalized spacial score (nSPS) is 34.3. The van der Waals surface area contributed by atoms with Crippen LogP contribution in [0.25, 0.3) is 0 Å². The molecule has 2 atom stereocenters. The lowest BCUT2D eigenvalue weighted by Gasteiger charge is -2.51. The van der Waals surface area contributed by atoms with E-state index in [-0.39, 0.29) is 17.7 Å². The van der Waals surface area contributed by atoms with Gasteiger partial charge in [0.1, 0.15) is 0 Å². The number of carbonyl (C=O) groups excluding carboxylic acids is 3. The highest BCUT2D eigenvalue weighted by molar-refractivity contribution is 5.97. The topological polar surface area (TPSA) is 91.4 Å². The van der Waals surface area contributed by atoms with Gasteiger partial charge in [-0.05, 0) is 12.8 Å². The summed E-state index contributed by atoms with van der Waals surface area (Å²) in [5, 5.41) is 2.84. The minimum atomic E-state index is -1.21. The molecule has 0 bridgehead atoms. The number of nitrogens with zero attached hydrogens (tertiary/aromatic N) is 3. The predicted molar refractivity (Wildman–Crippen MR) is 89.8 cm³/mol. The molecule has 0 spiro atoms. The van der Waals surface area contributed by atoms with Gasteiger partial charge in [0, 0.05) is 45.6 Å². The lowest BCUT2D eigenvalue weighted by Crippen LogP contribution is -2.72. The Labute approximate surface area is 152 Å². The molecular formula is C17H26N4O5. The zero-order valence-electron chi connectivity index (χ0n) is 14.9. The van der Waals surface area contributed by atoms with Gasteiger partial charge >= 0.3 is 0 Å². The third kappa shape index (κ3) is 2.78. The number of likely N-dealkylation sites (tertiary alicyclic amines) is 1. The van der Waals surface area contributed by atoms with E-state index in [0.717, 1.165) is 12.8 Å². The summed E-state index contributed by atoms with van der Waals surface area (Å²) in [6.07, 6.45) is 1.84. The molecule has 0 aromatic rings. The number of hydrogen-bond acceptors (Lipinski definition) is 6. The van der Waals surface area contributed by atoms with Crippen molar-refractivity contribution in [2.45, 2.75) is 37.6 Å². The number of piperidine rings is 1. The van der Waals surface area contributed by atoms with Gasteiger partial charge in [0.2, 0.25) is 5.91 Å². The van der Waals surface area contributed by atoms with E-state index in [1.807, 2.05) is 4.90 Å². The third-order valence-electron chi connectivity index (χ3n) is 5.78. The first-order valence-corrected chi connectivity index (χ1v) is 9.48. The Morgan fingerprint density at radius 1 is 0.962 bits per heavy atom. The summed E-state index contributed by atoms with van der Waals surface area (Å²) >= 11 is 0. The van der Waals surface area contributed by atoms with Crippen molar-refractivity contribution in [3.8, 4) is 0 Å². The molecule has 4 rings (SSSR count). The molecule has 4 aliphatic rings. The molecule has 9 heteroatoms. The summed E-state index contributed by atoms with van der Waals surface area (Å²) in [6.45, 7) is 4.00. The van der Waals surface area contributed by atoms with Crippen LogP contribution in [0, 0.1) is 0 Å². The number of morpholine rings is 2. The summed E-state index contributed by atoms with van der Waals surface area (Å²) in [4.78, 5) is 44.0. The Balaban J connectivity index is 1.63. The average molecular weight is 366 g/mol. The van der Waals surface area contributed by atoms with E-state index in [1.165, 1.54) is 0 Å². The largest absolute Gasteiger partial charge is 0.379 e. The number of hydrogen-bond donors (Lipinski definition) is 1. The summed E-state index contributed by atoms with van der Waals surface area (Å²) in [5.41, 5.74) is -1.21. The smallest absolute Gasteiger partial charge is 0.269 e. The van der Waals surface area contributed by atoms with Crippen molar-refractivity contribution in [1.82, 2.24) is 20.0 Å². The van der Waals surface area contributed by atoms with Crippen molar-refractivity contribution in [2.24, 2.45) is 0 Å². The Morgan fingerprint density at radius 3 is 2.46 bits per heavy atom. The Bertz CT molecular complexity index is 594. The standard InChI is InChI=1S/C17H26N4O5/c22-13-3-1-2-6-20(13)17(4-5-18-16(17)24)21-9-12-26-15(14(21)23)19-7-10-25-11-8-19/h15H,1-12H2,(H,18,24). The molecule has 4 heterocycles. The number of nitrogens with one attached hydrogen (secondary N) is 1. The lowest BCUT2D eigenvalue weighted by molar-refractivity contribution is -0.198. The summed E-state index contributed by atoms with van der Waals surface area (Å²) in [6, 6.07) is 0. The predicted octanol–water partition coefficient (Wildman–Crippen LogP) is -1.27. The van der Waals surface area contributed by atoms with Crippen molar-refractivity contribution in [2.75, 3.05) is 52.5 Å². The summed E-state index contributed by atoms with van der Waals surface area (Å²) in [7, 11) is 0. The third-order valence-corrected chi connectivity index (χ3v) is 5.78. The molecule has 2 unspecified atom stereocenters. The molecule has 1 N–H and O–H groups in total. The van der Waals surface area contributed by atoms with Crippen LogP contribution in [0.2, 0.25) is 0 Å². The first-order chi connectivity index (χ1) is 12.6. The van der Waals surface area contributed by atoms with Crippen LogP contribution in [0.5, 0.6) is 0 Å². The van der Waals surface area contributed by atoms with Crippen LogP contribution in [0.15, 0.2) is 0 Å². The second kappa shape index (κ2) is 7.13. The zero-order chi connectivity index (χ0) is 18.1. The van der Waals surface area contributed by atoms with Crippen molar-refractivity contribution in [3.63, 3.8) is 0 Å². The molecule has 0 aromatic carbocycles. The van der Waals surface area contributed by atoms with Crippen LogP contribution in [0.4, 0.5) is 0 Å². The van der Waals surface area contributed by atoms with E-state index in [1.54, 1.807) is 9.80 Å². The summed E-state index contributed by atoms with van der Waals surface area (Å²) in [5.74, 6) is -0.521. The van der Waals surface area contributed by atoms with Crippen molar-refractivity contribution in [1.29, 1.82) is 0 Å². The first-order valence-electron chi connectivity index (χ1n) is 9.48. The Kier molecular flexibility index (Phi) is 4.85. The number of amides is 3. The molecule has 4 aliphatic heterocycles. The number of ether oxygens (including phenoxy) is 2. The van der Waals surface area contributed by atoms with E-state index < -0.39 is 11.9 Å². The summed E-state index contributed by atoms with van der Waals surface area (Å²) < 4.78 is 11.1. The van der Waals surface area contributed by atoms with Gasteiger partial charge in [-0.25, -0.2) is 0 Å². The van der Waals surface area contributed by atoms with Gasteiger partial charge in [-0.2, -0.15) is 0 Å². The number of carbonyl (C=O) groups is 3. The van der Waals surface area contributed by atoms with Crippen LogP contribution in [0.1, 0.15) is 25.7 Å². The molecule has 9 nitrogen and oxygen atoms in total. The van der Waals surface area contributed by atoms with E-state index in [4.69, 9.17) is 9.47 Å². The van der Waals surface area contributed by atoms with Crippen molar-refractivity contribution in [3.05, 3.63) is 0 Å². The van der Waals surface area contributed by atoms with Crippen molar-refractivity contribution < 1.29 is 23.9 Å². The fourth-order valence-corrected chi connectivity index (χ4v) is 4.47. The fraction of sp³-hybridized carbons (Fsp3) is 0.824. The molecule has 0 radical (unpaired) electrons. The highest BCUT2D eigenvalue weighted by Gasteiger charge is 2.57. The maximum absolute atomic E-state index is 13.3. The molecule has 4 fully saturated rings. The second-order valence-electron chi connectivity index (χ2n) is 7.19. The monoisotopic (exact) mass is 366 g/mol. The van der Waals surface area contributed by atoms with Gasteiger partial charge in [0.05, 0.1) is 19.8 Å². The average Bonchev–Trinajstić information content (AvgIpc) is 3.05. The lowest BCUT2D eigenvalue weighted by atomic mass is 9.97. The van der Waals surface area contributed by atoms with Crippen LogP contribution in [0.3, 0.4) is 0 Å². The Hall–Kier alpha value is -1.71. The quantitative estimate of drug-likeness (QED) is 0.670. The van der Waals surface area contributed by atoms with E-state index in [9.17, 15) is 14.4 Å². The van der Waals surface area contributed by atoms with Crippen LogP contribution in [-0.2, 0) is 23.9 Å². The van der Waals surface area contributed by atoms with Gasteiger partial charge in [0.15, 0.2) is 11.9 Å². The highest BCUT2D eigenvalue weighted by atomic mass is 16.5. The molecule has 0 aliphatic carbocycles. The van der Waals surface area contributed by atoms with Crippen LogP contribution < -0.4 is 5.32 Å². The van der Waals surface area contributed by atoms with Gasteiger partial charge in [0.25, 0.3) is 11.8 Å². The van der Waals surface area contributed by atoms with Gasteiger partial charge in [-0.1, -0.05) is 0 Å². The SMILES string of the molecule is O=C1CCCCN1C1(N2CCOC(N3CCOCC3)C2=O)CCNC1=O. The van der Waals surface area contributed by atoms with E-state index in [0.29, 0.717) is 65.4 Å². The minimum Gasteiger partial charge on any atom is -0.379 e. The fourth-order valence-electron chi connectivity index (χ4n) is 4.47. The molecular weight excluding hydrogens is 340 g/mol. The maximum Gasteiger partial charge on any atom is 0.269 e. The zero-order valence-corrected chi connectivity index (χ0v) is 14.9.